The van der Waals surface area contributed by atoms with Crippen LogP contribution in [0.5, 0.6) is 0 Å². The molecule has 168 valence electrons. The van der Waals surface area contributed by atoms with Crippen molar-refractivity contribution < 1.29 is 4.79 Å². The van der Waals surface area contributed by atoms with Crippen molar-refractivity contribution in [1.29, 1.82) is 0 Å². The van der Waals surface area contributed by atoms with Gasteiger partial charge in [-0.2, -0.15) is 5.10 Å². The van der Waals surface area contributed by atoms with Gasteiger partial charge in [-0.1, -0.05) is 0 Å². The van der Waals surface area contributed by atoms with Crippen molar-refractivity contribution in [1.82, 2.24) is 39.7 Å². The number of hydrogen-bond acceptors (Lipinski definition) is 7. The van der Waals surface area contributed by atoms with Gasteiger partial charge in [0.2, 0.25) is 5.91 Å². The molecule has 1 saturated carbocycles. The molecule has 0 spiro atoms. The number of H-pyrrole nitrogens is 2. The molecule has 0 saturated heterocycles. The lowest BCUT2D eigenvalue weighted by atomic mass is 10.2. The van der Waals surface area contributed by atoms with Gasteiger partial charge in [0.25, 0.3) is 0 Å². The average Bonchev–Trinajstić information content (AvgIpc) is 3.26. The summed E-state index contributed by atoms with van der Waals surface area (Å²) in [6, 6.07) is 9.85. The molecule has 35 heavy (non-hydrogen) atoms. The zero-order chi connectivity index (χ0) is 23.1. The van der Waals surface area contributed by atoms with Crippen LogP contribution < -0.4 is 0 Å². The summed E-state index contributed by atoms with van der Waals surface area (Å²) in [5.74, 6) is 0.139. The quantitative estimate of drug-likeness (QED) is 0.333. The maximum atomic E-state index is 13.5. The van der Waals surface area contributed by atoms with Gasteiger partial charge in [-0.15, -0.1) is 11.3 Å². The van der Waals surface area contributed by atoms with Gasteiger partial charge in [-0.25, -0.2) is 4.98 Å². The number of imidazole rings is 1. The van der Waals surface area contributed by atoms with Crippen molar-refractivity contribution in [3.05, 3.63) is 55.1 Å². The lowest BCUT2D eigenvalue weighted by Crippen LogP contribution is -2.12. The lowest BCUT2D eigenvalue weighted by molar-refractivity contribution is 0.0896. The molecule has 7 aromatic rings. The smallest absolute Gasteiger partial charge is 0.235 e. The van der Waals surface area contributed by atoms with Crippen molar-refractivity contribution in [3.63, 3.8) is 0 Å². The van der Waals surface area contributed by atoms with Gasteiger partial charge in [-0.05, 0) is 43.2 Å². The van der Waals surface area contributed by atoms with Crippen LogP contribution in [0.3, 0.4) is 0 Å². The summed E-state index contributed by atoms with van der Waals surface area (Å²) >= 11 is 1.52. The van der Waals surface area contributed by atoms with E-state index in [9.17, 15) is 4.79 Å². The monoisotopic (exact) mass is 476 g/mol. The number of thiophene rings is 1. The van der Waals surface area contributed by atoms with E-state index in [2.05, 4.69) is 30.1 Å². The standard InChI is InChI=1S/C25H16N8OS/c34-25(12-1-2-12)33-14-7-13(9-26-10-14)17-8-15-18(11-28-17)31-32-21(15)24-29-16-5-6-27-23(22(16)30-24)19-3-4-20(33)35-19/h3-12H,1-2H2,(H,29,30)(H,31,32). The molecule has 0 aliphatic heterocycles. The molecule has 2 N–H and O–H groups in total. The Balaban J connectivity index is 1.65. The minimum absolute atomic E-state index is 0.0460. The van der Waals surface area contributed by atoms with Gasteiger partial charge in [0.15, 0.2) is 5.65 Å². The molecule has 0 atom stereocenters. The van der Waals surface area contributed by atoms with Gasteiger partial charge in [0.05, 0.1) is 39.2 Å². The molecule has 0 unspecified atom stereocenters. The molecule has 0 amide bonds. The summed E-state index contributed by atoms with van der Waals surface area (Å²) in [6.07, 6.45) is 8.87. The molecule has 9 nitrogen and oxygen atoms in total. The highest BCUT2D eigenvalue weighted by atomic mass is 32.1. The van der Waals surface area contributed by atoms with Crippen LogP contribution in [0.15, 0.2) is 55.1 Å². The van der Waals surface area contributed by atoms with Crippen LogP contribution in [0.1, 0.15) is 17.6 Å². The van der Waals surface area contributed by atoms with Crippen LogP contribution in [-0.4, -0.2) is 45.6 Å². The zero-order valence-corrected chi connectivity index (χ0v) is 19.0. The lowest BCUT2D eigenvalue weighted by Gasteiger charge is -2.06. The minimum Gasteiger partial charge on any atom is -0.336 e. The molecule has 0 aromatic carbocycles. The Labute approximate surface area is 200 Å². The Morgan fingerprint density at radius 2 is 1.94 bits per heavy atom. The minimum atomic E-state index is 0.0460. The zero-order valence-electron chi connectivity index (χ0n) is 18.2. The predicted octanol–water partition coefficient (Wildman–Crippen LogP) is 5.27. The van der Waals surface area contributed by atoms with Crippen molar-refractivity contribution in [2.24, 2.45) is 5.92 Å². The van der Waals surface area contributed by atoms with Crippen molar-refractivity contribution in [2.45, 2.75) is 12.8 Å². The van der Waals surface area contributed by atoms with Crippen molar-refractivity contribution >= 4 is 81.8 Å². The van der Waals surface area contributed by atoms with E-state index >= 15 is 0 Å². The largest absolute Gasteiger partial charge is 0.336 e. The average molecular weight is 477 g/mol. The third-order valence-corrected chi connectivity index (χ3v) is 7.62. The second-order valence-electron chi connectivity index (χ2n) is 8.85. The Morgan fingerprint density at radius 3 is 2.86 bits per heavy atom. The number of rotatable bonds is 1. The maximum absolute atomic E-state index is 13.5. The molecule has 1 fully saturated rings. The SMILES string of the molecule is O=C(C1CC1)n1c2cncc(c2)c2cc3c(cn2)[nH]nc3c2nc3c(ccnc3c3ccc1s3)[nH]2. The van der Waals surface area contributed by atoms with Crippen LogP contribution >= 0.6 is 11.3 Å². The summed E-state index contributed by atoms with van der Waals surface area (Å²) in [4.78, 5) is 36.4. The van der Waals surface area contributed by atoms with Gasteiger partial charge < -0.3 is 4.98 Å². The van der Waals surface area contributed by atoms with Gasteiger partial charge in [0.1, 0.15) is 21.4 Å². The molecular weight excluding hydrogens is 460 g/mol. The molecule has 10 heteroatoms. The summed E-state index contributed by atoms with van der Waals surface area (Å²) < 4.78 is 2.73. The number of carbonyl (C=O) groups is 1. The number of nitrogens with one attached hydrogen (secondary N) is 2. The van der Waals surface area contributed by atoms with Crippen LogP contribution in [0, 0.1) is 5.92 Å². The van der Waals surface area contributed by atoms with Crippen LogP contribution in [0.25, 0.3) is 64.6 Å². The second kappa shape index (κ2) is 6.80. The number of nitrogens with zero attached hydrogens (tertiary/aromatic N) is 6. The number of pyridine rings is 3. The van der Waals surface area contributed by atoms with Gasteiger partial charge >= 0.3 is 0 Å². The first kappa shape index (κ1) is 18.9. The van der Waals surface area contributed by atoms with E-state index in [0.29, 0.717) is 11.2 Å². The third kappa shape index (κ3) is 2.80. The molecular formula is C25H16N8OS. The van der Waals surface area contributed by atoms with E-state index in [-0.39, 0.29) is 11.8 Å². The summed E-state index contributed by atoms with van der Waals surface area (Å²) in [6.45, 7) is 0. The summed E-state index contributed by atoms with van der Waals surface area (Å²) in [5.41, 5.74) is 6.05. The number of aromatic amines is 2. The molecule has 1 aliphatic carbocycles. The van der Waals surface area contributed by atoms with Crippen LogP contribution in [0.4, 0.5) is 0 Å². The van der Waals surface area contributed by atoms with E-state index in [0.717, 1.165) is 66.2 Å². The number of aromatic nitrogens is 8. The maximum Gasteiger partial charge on any atom is 0.235 e. The first-order valence-electron chi connectivity index (χ1n) is 11.3. The van der Waals surface area contributed by atoms with E-state index in [4.69, 9.17) is 4.98 Å². The van der Waals surface area contributed by atoms with Gasteiger partial charge in [-0.3, -0.25) is 29.4 Å². The molecule has 8 rings (SSSR count). The topological polar surface area (TPSA) is 118 Å². The Bertz CT molecular complexity index is 2060. The van der Waals surface area contributed by atoms with E-state index in [1.54, 1.807) is 29.4 Å². The Hall–Kier alpha value is -4.44. The molecule has 7 aromatic heterocycles. The molecule has 8 bridgehead atoms. The van der Waals surface area contributed by atoms with Crippen molar-refractivity contribution in [3.8, 4) is 0 Å². The highest BCUT2D eigenvalue weighted by Crippen LogP contribution is 2.34. The second-order valence-corrected chi connectivity index (χ2v) is 9.91. The van der Waals surface area contributed by atoms with Crippen molar-refractivity contribution in [2.75, 3.05) is 0 Å². The first-order valence-corrected chi connectivity index (χ1v) is 12.1. The van der Waals surface area contributed by atoms with E-state index < -0.39 is 0 Å². The fraction of sp³-hybridized carbons (Fsp3) is 0.120. The molecule has 1 aliphatic rings. The van der Waals surface area contributed by atoms with E-state index in [1.165, 1.54) is 11.3 Å². The fourth-order valence-electron chi connectivity index (χ4n) is 4.62. The normalized spacial score (nSPS) is 14.1. The Kier molecular flexibility index (Phi) is 3.68. The first-order chi connectivity index (χ1) is 17.2. The third-order valence-electron chi connectivity index (χ3n) is 6.54. The number of hydrogen-bond donors (Lipinski definition) is 2. The molecule has 7 heterocycles. The Morgan fingerprint density at radius 1 is 1.00 bits per heavy atom. The van der Waals surface area contributed by atoms with Crippen LogP contribution in [0.2, 0.25) is 0 Å². The predicted molar refractivity (Wildman–Crippen MR) is 136 cm³/mol. The fourth-order valence-corrected chi connectivity index (χ4v) is 5.65. The molecule has 0 radical (unpaired) electrons. The van der Waals surface area contributed by atoms with Gasteiger partial charge in [0, 0.05) is 29.1 Å². The highest BCUT2D eigenvalue weighted by molar-refractivity contribution is 7.24. The van der Waals surface area contributed by atoms with E-state index in [1.807, 2.05) is 30.3 Å². The summed E-state index contributed by atoms with van der Waals surface area (Å²) in [5, 5.41) is 9.31. The number of carbonyl (C=O) groups excluding carboxylic acids is 1. The van der Waals surface area contributed by atoms with Crippen LogP contribution in [-0.2, 0) is 0 Å². The number of fused-ring (bicyclic) bond motifs is 9. The highest BCUT2D eigenvalue weighted by Gasteiger charge is 2.31. The summed E-state index contributed by atoms with van der Waals surface area (Å²) in [7, 11) is 0.